The molecular weight excluding hydrogens is 623 g/mol. The Morgan fingerprint density at radius 1 is 0.314 bits per heavy atom. The Kier molecular flexibility index (Phi) is 6.78. The van der Waals surface area contributed by atoms with Crippen molar-refractivity contribution in [3.8, 4) is 56.4 Å². The van der Waals surface area contributed by atoms with Gasteiger partial charge in [-0.05, 0) is 68.1 Å². The molecule has 0 aliphatic rings. The van der Waals surface area contributed by atoms with Gasteiger partial charge in [-0.3, -0.25) is 0 Å². The SMILES string of the molecule is c1ccc(-c2ccc(-c3nc(-c4ccccc4)nc(-c4cccc5oc6ccc(-c7ccc8ccc9ccccc9c8c7)cc6c45)n3)cc2)cc1. The summed E-state index contributed by atoms with van der Waals surface area (Å²) in [6.07, 6.45) is 0. The van der Waals surface area contributed by atoms with Crippen molar-refractivity contribution in [1.82, 2.24) is 15.0 Å². The first kappa shape index (κ1) is 29.0. The average Bonchev–Trinajstić information content (AvgIpc) is 3.59. The monoisotopic (exact) mass is 651 g/mol. The molecule has 2 aromatic heterocycles. The van der Waals surface area contributed by atoms with E-state index in [-0.39, 0.29) is 0 Å². The topological polar surface area (TPSA) is 51.8 Å². The van der Waals surface area contributed by atoms with Gasteiger partial charge in [0.2, 0.25) is 0 Å². The minimum Gasteiger partial charge on any atom is -0.456 e. The second kappa shape index (κ2) is 11.9. The van der Waals surface area contributed by atoms with Crippen LogP contribution in [0.25, 0.3) is 99.9 Å². The summed E-state index contributed by atoms with van der Waals surface area (Å²) in [7, 11) is 0. The first-order valence-electron chi connectivity index (χ1n) is 17.1. The highest BCUT2D eigenvalue weighted by Gasteiger charge is 2.18. The summed E-state index contributed by atoms with van der Waals surface area (Å²) in [6, 6.07) is 61.1. The molecular formula is C47H29N3O. The highest BCUT2D eigenvalue weighted by molar-refractivity contribution is 6.13. The van der Waals surface area contributed by atoms with E-state index >= 15 is 0 Å². The van der Waals surface area contributed by atoms with Crippen molar-refractivity contribution in [2.75, 3.05) is 0 Å². The standard InChI is InChI=1S/C47H29N3O/c1-3-10-30(11-4-1)31-18-23-35(24-19-31)46-48-45(34-13-5-2-6-14-34)49-47(50-46)39-16-9-17-43-44(39)41-29-37(26-27-42(41)51-43)36-25-22-33-21-20-32-12-7-8-15-38(32)40(33)28-36/h1-29H. The molecule has 51 heavy (non-hydrogen) atoms. The third-order valence-corrected chi connectivity index (χ3v) is 9.73. The number of fused-ring (bicyclic) bond motifs is 6. The maximum atomic E-state index is 6.45. The highest BCUT2D eigenvalue weighted by atomic mass is 16.3. The van der Waals surface area contributed by atoms with E-state index in [1.54, 1.807) is 0 Å². The smallest absolute Gasteiger partial charge is 0.164 e. The van der Waals surface area contributed by atoms with Crippen LogP contribution in [0, 0.1) is 0 Å². The first-order chi connectivity index (χ1) is 25.2. The highest BCUT2D eigenvalue weighted by Crippen LogP contribution is 2.39. The summed E-state index contributed by atoms with van der Waals surface area (Å²) in [4.78, 5) is 15.2. The number of nitrogens with zero attached hydrogens (tertiary/aromatic N) is 3. The molecule has 0 N–H and O–H groups in total. The third-order valence-electron chi connectivity index (χ3n) is 9.73. The van der Waals surface area contributed by atoms with Crippen LogP contribution < -0.4 is 0 Å². The van der Waals surface area contributed by atoms with Gasteiger partial charge in [-0.2, -0.15) is 0 Å². The molecule has 0 aliphatic heterocycles. The fraction of sp³-hybridized carbons (Fsp3) is 0. The van der Waals surface area contributed by atoms with Gasteiger partial charge in [0.1, 0.15) is 11.2 Å². The van der Waals surface area contributed by atoms with E-state index in [1.165, 1.54) is 27.1 Å². The summed E-state index contributed by atoms with van der Waals surface area (Å²) < 4.78 is 6.45. The van der Waals surface area contributed by atoms with Crippen LogP contribution in [0.2, 0.25) is 0 Å². The van der Waals surface area contributed by atoms with E-state index in [2.05, 4.69) is 127 Å². The first-order valence-corrected chi connectivity index (χ1v) is 17.1. The molecule has 2 heterocycles. The Morgan fingerprint density at radius 2 is 0.843 bits per heavy atom. The molecule has 0 aliphatic carbocycles. The van der Waals surface area contributed by atoms with Gasteiger partial charge in [0.15, 0.2) is 17.5 Å². The zero-order chi connectivity index (χ0) is 33.7. The van der Waals surface area contributed by atoms with Gasteiger partial charge in [-0.15, -0.1) is 0 Å². The lowest BCUT2D eigenvalue weighted by atomic mass is 9.96. The molecule has 0 atom stereocenters. The molecule has 0 saturated carbocycles. The van der Waals surface area contributed by atoms with E-state index in [0.29, 0.717) is 17.5 Å². The van der Waals surface area contributed by atoms with E-state index in [0.717, 1.165) is 55.3 Å². The Hall–Kier alpha value is -6.91. The molecule has 0 unspecified atom stereocenters. The van der Waals surface area contributed by atoms with Crippen LogP contribution in [-0.4, -0.2) is 15.0 Å². The molecule has 10 aromatic rings. The summed E-state index contributed by atoms with van der Waals surface area (Å²) >= 11 is 0. The molecule has 10 rings (SSSR count). The number of rotatable bonds is 5. The van der Waals surface area contributed by atoms with Crippen molar-refractivity contribution in [3.05, 3.63) is 176 Å². The van der Waals surface area contributed by atoms with Gasteiger partial charge >= 0.3 is 0 Å². The number of hydrogen-bond acceptors (Lipinski definition) is 4. The van der Waals surface area contributed by atoms with Gasteiger partial charge in [0.25, 0.3) is 0 Å². The fourth-order valence-electron chi connectivity index (χ4n) is 7.16. The zero-order valence-corrected chi connectivity index (χ0v) is 27.5. The predicted molar refractivity (Wildman–Crippen MR) is 209 cm³/mol. The lowest BCUT2D eigenvalue weighted by molar-refractivity contribution is 0.669. The summed E-state index contributed by atoms with van der Waals surface area (Å²) in [5, 5.41) is 6.96. The minimum absolute atomic E-state index is 0.599. The Balaban J connectivity index is 1.14. The minimum atomic E-state index is 0.599. The van der Waals surface area contributed by atoms with Crippen molar-refractivity contribution in [2.45, 2.75) is 0 Å². The summed E-state index contributed by atoms with van der Waals surface area (Å²) in [5.74, 6) is 1.84. The molecule has 238 valence electrons. The van der Waals surface area contributed by atoms with Crippen molar-refractivity contribution in [3.63, 3.8) is 0 Å². The third kappa shape index (κ3) is 5.13. The summed E-state index contributed by atoms with van der Waals surface area (Å²) in [6.45, 7) is 0. The largest absolute Gasteiger partial charge is 0.456 e. The number of furan rings is 1. The van der Waals surface area contributed by atoms with E-state index in [9.17, 15) is 0 Å². The molecule has 0 bridgehead atoms. The summed E-state index contributed by atoms with van der Waals surface area (Å²) in [5.41, 5.74) is 8.94. The van der Waals surface area contributed by atoms with Crippen LogP contribution in [-0.2, 0) is 0 Å². The number of hydrogen-bond donors (Lipinski definition) is 0. The normalized spacial score (nSPS) is 11.5. The van der Waals surface area contributed by atoms with Crippen LogP contribution in [0.1, 0.15) is 0 Å². The number of benzene rings is 8. The van der Waals surface area contributed by atoms with Crippen LogP contribution in [0.4, 0.5) is 0 Å². The molecule has 0 saturated heterocycles. The Labute approximate surface area is 294 Å². The van der Waals surface area contributed by atoms with E-state index in [4.69, 9.17) is 19.4 Å². The molecule has 0 spiro atoms. The Morgan fingerprint density at radius 3 is 1.61 bits per heavy atom. The van der Waals surface area contributed by atoms with Crippen molar-refractivity contribution in [1.29, 1.82) is 0 Å². The second-order valence-corrected chi connectivity index (χ2v) is 12.8. The van der Waals surface area contributed by atoms with Gasteiger partial charge < -0.3 is 4.42 Å². The molecule has 0 amide bonds. The van der Waals surface area contributed by atoms with Crippen LogP contribution in [0.3, 0.4) is 0 Å². The zero-order valence-electron chi connectivity index (χ0n) is 27.5. The van der Waals surface area contributed by atoms with E-state index in [1.807, 2.05) is 48.5 Å². The van der Waals surface area contributed by atoms with Gasteiger partial charge in [0, 0.05) is 27.5 Å². The van der Waals surface area contributed by atoms with Crippen LogP contribution in [0.15, 0.2) is 180 Å². The van der Waals surface area contributed by atoms with Gasteiger partial charge in [0.05, 0.1) is 0 Å². The molecule has 0 radical (unpaired) electrons. The maximum Gasteiger partial charge on any atom is 0.164 e. The van der Waals surface area contributed by atoms with E-state index < -0.39 is 0 Å². The van der Waals surface area contributed by atoms with Gasteiger partial charge in [-0.25, -0.2) is 15.0 Å². The molecule has 0 fully saturated rings. The molecule has 8 aromatic carbocycles. The fourth-order valence-corrected chi connectivity index (χ4v) is 7.16. The van der Waals surface area contributed by atoms with Gasteiger partial charge in [-0.1, -0.05) is 152 Å². The number of aromatic nitrogens is 3. The maximum absolute atomic E-state index is 6.45. The van der Waals surface area contributed by atoms with Crippen molar-refractivity contribution >= 4 is 43.5 Å². The lowest BCUT2D eigenvalue weighted by Gasteiger charge is -2.10. The van der Waals surface area contributed by atoms with Crippen LogP contribution in [0.5, 0.6) is 0 Å². The lowest BCUT2D eigenvalue weighted by Crippen LogP contribution is -2.00. The Bertz CT molecular complexity index is 2900. The predicted octanol–water partition coefficient (Wildman–Crippen LogP) is 12.4. The average molecular weight is 652 g/mol. The molecule has 4 heteroatoms. The molecule has 4 nitrogen and oxygen atoms in total. The van der Waals surface area contributed by atoms with Crippen molar-refractivity contribution < 1.29 is 4.42 Å². The van der Waals surface area contributed by atoms with Crippen LogP contribution >= 0.6 is 0 Å². The quantitative estimate of drug-likeness (QED) is 0.174. The second-order valence-electron chi connectivity index (χ2n) is 12.8. The van der Waals surface area contributed by atoms with Crippen molar-refractivity contribution in [2.24, 2.45) is 0 Å².